The zero-order valence-electron chi connectivity index (χ0n) is 8.97. The maximum absolute atomic E-state index is 13.3. The number of rotatable bonds is 1. The van der Waals surface area contributed by atoms with E-state index in [1.165, 1.54) is 6.07 Å². The van der Waals surface area contributed by atoms with E-state index in [1.807, 2.05) is 13.8 Å². The standard InChI is InChI=1S/C11H12F2N2O/c1-5(2)9-11(16)15-10-7(13)3-6(12)4-8(10)14-9/h3-5,9,14H,1-2H3,(H,15,16). The lowest BCUT2D eigenvalue weighted by molar-refractivity contribution is -0.117. The van der Waals surface area contributed by atoms with Crippen LogP contribution in [0.5, 0.6) is 0 Å². The Kier molecular flexibility index (Phi) is 2.53. The van der Waals surface area contributed by atoms with Crippen molar-refractivity contribution in [1.82, 2.24) is 0 Å². The molecule has 0 bridgehead atoms. The van der Waals surface area contributed by atoms with E-state index < -0.39 is 17.7 Å². The molecule has 0 aliphatic carbocycles. The second-order valence-electron chi connectivity index (χ2n) is 4.17. The fraction of sp³-hybridized carbons (Fsp3) is 0.364. The summed E-state index contributed by atoms with van der Waals surface area (Å²) in [5.41, 5.74) is 0.305. The van der Waals surface area contributed by atoms with Crippen molar-refractivity contribution in [3.8, 4) is 0 Å². The summed E-state index contributed by atoms with van der Waals surface area (Å²) in [6.07, 6.45) is 0. The van der Waals surface area contributed by atoms with Crippen LogP contribution in [0.4, 0.5) is 20.2 Å². The number of benzene rings is 1. The molecule has 1 aliphatic rings. The first-order chi connectivity index (χ1) is 7.49. The van der Waals surface area contributed by atoms with Crippen LogP contribution in [0.15, 0.2) is 12.1 Å². The smallest absolute Gasteiger partial charge is 0.247 e. The van der Waals surface area contributed by atoms with Gasteiger partial charge in [0.15, 0.2) is 5.82 Å². The Morgan fingerprint density at radius 1 is 1.31 bits per heavy atom. The number of carbonyl (C=O) groups excluding carboxylic acids is 1. The molecule has 1 amide bonds. The minimum absolute atomic E-state index is 0.0169. The monoisotopic (exact) mass is 226 g/mol. The van der Waals surface area contributed by atoms with Crippen molar-refractivity contribution in [1.29, 1.82) is 0 Å². The topological polar surface area (TPSA) is 41.1 Å². The number of carbonyl (C=O) groups is 1. The maximum atomic E-state index is 13.3. The lowest BCUT2D eigenvalue weighted by Gasteiger charge is -2.29. The van der Waals surface area contributed by atoms with Gasteiger partial charge in [0.25, 0.3) is 0 Å². The highest BCUT2D eigenvalue weighted by molar-refractivity contribution is 6.03. The second kappa shape index (κ2) is 3.73. The van der Waals surface area contributed by atoms with Crippen molar-refractivity contribution in [2.24, 2.45) is 5.92 Å². The Hall–Kier alpha value is -1.65. The number of anilines is 2. The van der Waals surface area contributed by atoms with Gasteiger partial charge in [-0.25, -0.2) is 8.78 Å². The van der Waals surface area contributed by atoms with E-state index in [2.05, 4.69) is 10.6 Å². The molecule has 1 heterocycles. The first-order valence-corrected chi connectivity index (χ1v) is 5.05. The molecule has 0 saturated heterocycles. The SMILES string of the molecule is CC(C)C1Nc2cc(F)cc(F)c2NC1=O. The van der Waals surface area contributed by atoms with Crippen LogP contribution in [0.3, 0.4) is 0 Å². The molecule has 5 heteroatoms. The zero-order valence-corrected chi connectivity index (χ0v) is 8.97. The Morgan fingerprint density at radius 2 is 2.00 bits per heavy atom. The summed E-state index contributed by atoms with van der Waals surface area (Å²) < 4.78 is 26.3. The minimum Gasteiger partial charge on any atom is -0.372 e. The highest BCUT2D eigenvalue weighted by Crippen LogP contribution is 2.31. The van der Waals surface area contributed by atoms with Gasteiger partial charge in [-0.1, -0.05) is 13.8 Å². The van der Waals surface area contributed by atoms with Gasteiger partial charge < -0.3 is 10.6 Å². The fourth-order valence-electron chi connectivity index (χ4n) is 1.72. The van der Waals surface area contributed by atoms with E-state index in [1.54, 1.807) is 0 Å². The Labute approximate surface area is 91.8 Å². The van der Waals surface area contributed by atoms with Crippen molar-refractivity contribution in [2.75, 3.05) is 10.6 Å². The third kappa shape index (κ3) is 1.73. The van der Waals surface area contributed by atoms with Crippen LogP contribution in [0, 0.1) is 17.6 Å². The van der Waals surface area contributed by atoms with E-state index in [-0.39, 0.29) is 23.2 Å². The van der Waals surface area contributed by atoms with Crippen molar-refractivity contribution >= 4 is 17.3 Å². The van der Waals surface area contributed by atoms with Crippen LogP contribution in [-0.2, 0) is 4.79 Å². The quantitative estimate of drug-likeness (QED) is 0.771. The predicted molar refractivity (Wildman–Crippen MR) is 57.2 cm³/mol. The molecule has 16 heavy (non-hydrogen) atoms. The Bertz CT molecular complexity index is 446. The van der Waals surface area contributed by atoms with Crippen LogP contribution >= 0.6 is 0 Å². The van der Waals surface area contributed by atoms with Gasteiger partial charge in [0, 0.05) is 6.07 Å². The van der Waals surface area contributed by atoms with Gasteiger partial charge in [-0.05, 0) is 12.0 Å². The van der Waals surface area contributed by atoms with Crippen molar-refractivity contribution in [2.45, 2.75) is 19.9 Å². The molecule has 0 radical (unpaired) electrons. The van der Waals surface area contributed by atoms with Gasteiger partial charge in [-0.2, -0.15) is 0 Å². The van der Waals surface area contributed by atoms with Crippen LogP contribution in [-0.4, -0.2) is 11.9 Å². The highest BCUT2D eigenvalue weighted by Gasteiger charge is 2.29. The molecule has 2 N–H and O–H groups in total. The third-order valence-corrected chi connectivity index (χ3v) is 2.56. The van der Waals surface area contributed by atoms with E-state index in [4.69, 9.17) is 0 Å². The van der Waals surface area contributed by atoms with E-state index in [0.29, 0.717) is 0 Å². The molecule has 2 rings (SSSR count). The lowest BCUT2D eigenvalue weighted by Crippen LogP contribution is -2.42. The van der Waals surface area contributed by atoms with Gasteiger partial charge in [-0.15, -0.1) is 0 Å². The molecule has 1 aliphatic heterocycles. The van der Waals surface area contributed by atoms with E-state index >= 15 is 0 Å². The average molecular weight is 226 g/mol. The van der Waals surface area contributed by atoms with Crippen LogP contribution in [0.2, 0.25) is 0 Å². The number of hydrogen-bond donors (Lipinski definition) is 2. The molecular formula is C11H12F2N2O. The van der Waals surface area contributed by atoms with Gasteiger partial charge in [0.05, 0.1) is 5.69 Å². The van der Waals surface area contributed by atoms with E-state index in [0.717, 1.165) is 6.07 Å². The van der Waals surface area contributed by atoms with Gasteiger partial charge in [0.1, 0.15) is 17.5 Å². The normalized spacial score (nSPS) is 19.1. The number of halogens is 2. The van der Waals surface area contributed by atoms with Crippen LogP contribution in [0.25, 0.3) is 0 Å². The first-order valence-electron chi connectivity index (χ1n) is 5.05. The van der Waals surface area contributed by atoms with Gasteiger partial charge in [-0.3, -0.25) is 4.79 Å². The molecule has 0 fully saturated rings. The number of fused-ring (bicyclic) bond motifs is 1. The summed E-state index contributed by atoms with van der Waals surface area (Å²) in [7, 11) is 0. The molecule has 0 spiro atoms. The van der Waals surface area contributed by atoms with Crippen molar-refractivity contribution in [3.63, 3.8) is 0 Å². The first kappa shape index (κ1) is 10.9. The van der Waals surface area contributed by atoms with Crippen LogP contribution < -0.4 is 10.6 Å². The Morgan fingerprint density at radius 3 is 2.62 bits per heavy atom. The summed E-state index contributed by atoms with van der Waals surface area (Å²) in [6, 6.07) is 1.46. The molecular weight excluding hydrogens is 214 g/mol. The molecule has 1 aromatic rings. The van der Waals surface area contributed by atoms with Gasteiger partial charge >= 0.3 is 0 Å². The van der Waals surface area contributed by atoms with E-state index in [9.17, 15) is 13.6 Å². The Balaban J connectivity index is 2.43. The predicted octanol–water partition coefficient (Wildman–Crippen LogP) is 2.35. The number of hydrogen-bond acceptors (Lipinski definition) is 2. The highest BCUT2D eigenvalue weighted by atomic mass is 19.1. The summed E-state index contributed by atoms with van der Waals surface area (Å²) in [5.74, 6) is -1.69. The third-order valence-electron chi connectivity index (χ3n) is 2.56. The molecule has 86 valence electrons. The summed E-state index contributed by atoms with van der Waals surface area (Å²) in [5, 5.41) is 5.28. The molecule has 3 nitrogen and oxygen atoms in total. The van der Waals surface area contributed by atoms with Crippen molar-refractivity contribution in [3.05, 3.63) is 23.8 Å². The number of amides is 1. The second-order valence-corrected chi connectivity index (χ2v) is 4.17. The number of nitrogens with one attached hydrogen (secondary N) is 2. The minimum atomic E-state index is -0.766. The maximum Gasteiger partial charge on any atom is 0.247 e. The summed E-state index contributed by atoms with van der Waals surface area (Å²) >= 11 is 0. The molecule has 1 aromatic carbocycles. The van der Waals surface area contributed by atoms with Gasteiger partial charge in [0.2, 0.25) is 5.91 Å². The van der Waals surface area contributed by atoms with Crippen molar-refractivity contribution < 1.29 is 13.6 Å². The molecule has 0 saturated carbocycles. The molecule has 1 unspecified atom stereocenters. The van der Waals surface area contributed by atoms with Crippen LogP contribution in [0.1, 0.15) is 13.8 Å². The molecule has 0 aromatic heterocycles. The lowest BCUT2D eigenvalue weighted by atomic mass is 10.0. The largest absolute Gasteiger partial charge is 0.372 e. The zero-order chi connectivity index (χ0) is 11.9. The fourth-order valence-corrected chi connectivity index (χ4v) is 1.72. The summed E-state index contributed by atoms with van der Waals surface area (Å²) in [4.78, 5) is 11.6. The molecule has 1 atom stereocenters. The average Bonchev–Trinajstić information content (AvgIpc) is 2.18. The summed E-state index contributed by atoms with van der Waals surface area (Å²) in [6.45, 7) is 3.72.